The molecule has 0 atom stereocenters. The summed E-state index contributed by atoms with van der Waals surface area (Å²) in [5.74, 6) is 0.229. The second-order valence-corrected chi connectivity index (χ2v) is 3.15. The highest BCUT2D eigenvalue weighted by atomic mass is 32.2. The van der Waals surface area contributed by atoms with Crippen molar-refractivity contribution < 1.29 is 19.4 Å². The number of alkyl carbamates (subject to hydrolysis) is 1. The minimum atomic E-state index is -0.725. The Morgan fingerprint density at radius 3 is 2.77 bits per heavy atom. The van der Waals surface area contributed by atoms with Gasteiger partial charge in [-0.05, 0) is 6.92 Å². The maximum Gasteiger partial charge on any atom is 0.413 e. The van der Waals surface area contributed by atoms with Crippen LogP contribution in [0.15, 0.2) is 0 Å². The molecule has 0 aromatic heterocycles. The number of rotatable bonds is 5. The van der Waals surface area contributed by atoms with E-state index in [0.29, 0.717) is 5.75 Å². The number of thioether (sulfide) groups is 1. The molecule has 0 heterocycles. The Morgan fingerprint density at radius 1 is 1.54 bits per heavy atom. The third-order valence-corrected chi connectivity index (χ3v) is 1.92. The molecule has 0 spiro atoms. The average Bonchev–Trinajstić information content (AvgIpc) is 2.05. The lowest BCUT2D eigenvalue weighted by Gasteiger charge is -2.02. The standard InChI is InChI=1S/C7H13NO4S/c1-2-12-7(11)8-6(10)5-13-4-3-9/h9H,2-5H2,1H3,(H,8,10,11). The van der Waals surface area contributed by atoms with Crippen molar-refractivity contribution >= 4 is 23.8 Å². The molecule has 0 saturated heterocycles. The Labute approximate surface area is 80.8 Å². The van der Waals surface area contributed by atoms with Crippen LogP contribution in [0.5, 0.6) is 0 Å². The molecule has 5 nitrogen and oxygen atoms in total. The number of nitrogens with one attached hydrogen (secondary N) is 1. The van der Waals surface area contributed by atoms with Gasteiger partial charge in [0.15, 0.2) is 0 Å². The van der Waals surface area contributed by atoms with Gasteiger partial charge in [0.1, 0.15) is 0 Å². The highest BCUT2D eigenvalue weighted by Crippen LogP contribution is 1.96. The molecule has 0 fully saturated rings. The minimum absolute atomic E-state index is 0.0252. The summed E-state index contributed by atoms with van der Waals surface area (Å²) >= 11 is 1.25. The van der Waals surface area contributed by atoms with Crippen LogP contribution in [0.1, 0.15) is 6.92 Å². The lowest BCUT2D eigenvalue weighted by atomic mass is 10.7. The lowest BCUT2D eigenvalue weighted by Crippen LogP contribution is -2.32. The van der Waals surface area contributed by atoms with E-state index in [0.717, 1.165) is 0 Å². The van der Waals surface area contributed by atoms with E-state index in [1.165, 1.54) is 11.8 Å². The summed E-state index contributed by atoms with van der Waals surface area (Å²) in [4.78, 5) is 21.6. The molecular formula is C7H13NO4S. The molecule has 0 aromatic carbocycles. The molecule has 0 aliphatic heterocycles. The van der Waals surface area contributed by atoms with E-state index < -0.39 is 12.0 Å². The molecule has 0 radical (unpaired) electrons. The van der Waals surface area contributed by atoms with Crippen LogP contribution in [0.3, 0.4) is 0 Å². The first-order valence-corrected chi connectivity index (χ1v) is 5.01. The number of aliphatic hydroxyl groups is 1. The summed E-state index contributed by atoms with van der Waals surface area (Å²) in [6, 6.07) is 0. The molecule has 0 saturated carbocycles. The fourth-order valence-electron chi connectivity index (χ4n) is 0.547. The summed E-state index contributed by atoms with van der Waals surface area (Å²) in [5, 5.41) is 10.4. The molecule has 0 bridgehead atoms. The molecule has 0 aliphatic carbocycles. The van der Waals surface area contributed by atoms with Crippen molar-refractivity contribution in [3.05, 3.63) is 0 Å². The van der Waals surface area contributed by atoms with E-state index in [-0.39, 0.29) is 19.0 Å². The number of ether oxygens (including phenoxy) is 1. The maximum absolute atomic E-state index is 10.9. The molecule has 6 heteroatoms. The minimum Gasteiger partial charge on any atom is -0.450 e. The highest BCUT2D eigenvalue weighted by Gasteiger charge is 2.06. The van der Waals surface area contributed by atoms with Crippen LogP contribution in [0, 0.1) is 0 Å². The zero-order chi connectivity index (χ0) is 10.1. The van der Waals surface area contributed by atoms with Crippen molar-refractivity contribution in [2.75, 3.05) is 24.7 Å². The first-order chi connectivity index (χ1) is 6.20. The predicted octanol–water partition coefficient (Wildman–Crippen LogP) is -0.0154. The Hall–Kier alpha value is -0.750. The van der Waals surface area contributed by atoms with Crippen LogP contribution < -0.4 is 5.32 Å². The van der Waals surface area contributed by atoms with E-state index >= 15 is 0 Å². The quantitative estimate of drug-likeness (QED) is 0.620. The second-order valence-electron chi connectivity index (χ2n) is 2.04. The van der Waals surface area contributed by atoms with Crippen LogP contribution in [-0.2, 0) is 9.53 Å². The van der Waals surface area contributed by atoms with E-state index in [1.54, 1.807) is 6.92 Å². The van der Waals surface area contributed by atoms with Gasteiger partial charge >= 0.3 is 6.09 Å². The number of carbonyl (C=O) groups is 2. The van der Waals surface area contributed by atoms with E-state index in [4.69, 9.17) is 5.11 Å². The van der Waals surface area contributed by atoms with Gasteiger partial charge in [-0.2, -0.15) is 0 Å². The van der Waals surface area contributed by atoms with Gasteiger partial charge in [0, 0.05) is 5.75 Å². The van der Waals surface area contributed by atoms with Gasteiger partial charge in [-0.3, -0.25) is 10.1 Å². The first kappa shape index (κ1) is 12.2. The molecule has 0 rings (SSSR count). The van der Waals surface area contributed by atoms with Crippen molar-refractivity contribution in [3.63, 3.8) is 0 Å². The molecule has 2 N–H and O–H groups in total. The molecular weight excluding hydrogens is 194 g/mol. The fourth-order valence-corrected chi connectivity index (χ4v) is 1.08. The summed E-state index contributed by atoms with van der Waals surface area (Å²) in [7, 11) is 0. The Morgan fingerprint density at radius 2 is 2.23 bits per heavy atom. The van der Waals surface area contributed by atoms with Gasteiger partial charge in [0.2, 0.25) is 5.91 Å². The Balaban J connectivity index is 3.44. The molecule has 2 amide bonds. The number of carbonyl (C=O) groups excluding carboxylic acids is 2. The Kier molecular flexibility index (Phi) is 7.42. The van der Waals surface area contributed by atoms with E-state index in [1.807, 2.05) is 5.32 Å². The first-order valence-electron chi connectivity index (χ1n) is 3.86. The Bertz CT molecular complexity index is 174. The smallest absolute Gasteiger partial charge is 0.413 e. The largest absolute Gasteiger partial charge is 0.450 e. The lowest BCUT2D eigenvalue weighted by molar-refractivity contribution is -0.117. The third-order valence-electron chi connectivity index (χ3n) is 0.986. The van der Waals surface area contributed by atoms with Crippen molar-refractivity contribution in [3.8, 4) is 0 Å². The van der Waals surface area contributed by atoms with Gasteiger partial charge in [0.05, 0.1) is 19.0 Å². The van der Waals surface area contributed by atoms with E-state index in [9.17, 15) is 9.59 Å². The molecule has 13 heavy (non-hydrogen) atoms. The van der Waals surface area contributed by atoms with Gasteiger partial charge < -0.3 is 9.84 Å². The number of hydrogen-bond donors (Lipinski definition) is 2. The van der Waals surface area contributed by atoms with Crippen LogP contribution in [-0.4, -0.2) is 41.8 Å². The average molecular weight is 207 g/mol. The maximum atomic E-state index is 10.9. The van der Waals surface area contributed by atoms with Crippen molar-refractivity contribution in [2.45, 2.75) is 6.92 Å². The molecule has 0 aromatic rings. The van der Waals surface area contributed by atoms with Crippen molar-refractivity contribution in [2.24, 2.45) is 0 Å². The summed E-state index contributed by atoms with van der Waals surface area (Å²) < 4.78 is 4.49. The van der Waals surface area contributed by atoms with Gasteiger partial charge in [-0.15, -0.1) is 11.8 Å². The monoisotopic (exact) mass is 207 g/mol. The third kappa shape index (κ3) is 7.61. The van der Waals surface area contributed by atoms with Gasteiger partial charge in [0.25, 0.3) is 0 Å². The number of amides is 2. The zero-order valence-corrected chi connectivity index (χ0v) is 8.23. The molecule has 76 valence electrons. The molecule has 0 aliphatic rings. The van der Waals surface area contributed by atoms with Crippen LogP contribution in [0.2, 0.25) is 0 Å². The predicted molar refractivity (Wildman–Crippen MR) is 49.6 cm³/mol. The number of imide groups is 1. The summed E-state index contributed by atoms with van der Waals surface area (Å²) in [6.45, 7) is 1.92. The van der Waals surface area contributed by atoms with Crippen molar-refractivity contribution in [1.29, 1.82) is 0 Å². The van der Waals surface area contributed by atoms with E-state index in [2.05, 4.69) is 4.74 Å². The van der Waals surface area contributed by atoms with Gasteiger partial charge in [-0.1, -0.05) is 0 Å². The van der Waals surface area contributed by atoms with Crippen LogP contribution >= 0.6 is 11.8 Å². The highest BCUT2D eigenvalue weighted by molar-refractivity contribution is 7.99. The topological polar surface area (TPSA) is 75.6 Å². The van der Waals surface area contributed by atoms with Crippen LogP contribution in [0.25, 0.3) is 0 Å². The summed E-state index contributed by atoms with van der Waals surface area (Å²) in [5.41, 5.74) is 0. The second kappa shape index (κ2) is 7.88. The normalized spacial score (nSPS) is 9.38. The van der Waals surface area contributed by atoms with Crippen LogP contribution in [0.4, 0.5) is 4.79 Å². The van der Waals surface area contributed by atoms with Crippen molar-refractivity contribution in [1.82, 2.24) is 5.32 Å². The SMILES string of the molecule is CCOC(=O)NC(=O)CSCCO. The zero-order valence-electron chi connectivity index (χ0n) is 7.41. The number of hydrogen-bond acceptors (Lipinski definition) is 5. The summed E-state index contributed by atoms with van der Waals surface area (Å²) in [6.07, 6.45) is -0.725. The molecule has 0 unspecified atom stereocenters. The van der Waals surface area contributed by atoms with Gasteiger partial charge in [-0.25, -0.2) is 4.79 Å². The fraction of sp³-hybridized carbons (Fsp3) is 0.714. The number of aliphatic hydroxyl groups excluding tert-OH is 1.